The van der Waals surface area contributed by atoms with E-state index in [0.717, 1.165) is 6.54 Å². The number of benzene rings is 1. The minimum Gasteiger partial charge on any atom is -0.367 e. The van der Waals surface area contributed by atoms with Gasteiger partial charge >= 0.3 is 0 Å². The molecule has 1 aromatic carbocycles. The highest BCUT2D eigenvalue weighted by atomic mass is 15.1. The first-order chi connectivity index (χ1) is 8.09. The second kappa shape index (κ2) is 4.95. The SMILES string of the molecule is CC(C)=CCN1CC(C(C)C)c2ccccc21. The first-order valence-electron chi connectivity index (χ1n) is 6.57. The highest BCUT2D eigenvalue weighted by Gasteiger charge is 2.29. The van der Waals surface area contributed by atoms with Gasteiger partial charge in [-0.2, -0.15) is 0 Å². The van der Waals surface area contributed by atoms with E-state index in [2.05, 4.69) is 62.9 Å². The molecule has 92 valence electrons. The van der Waals surface area contributed by atoms with Crippen LogP contribution in [0.4, 0.5) is 5.69 Å². The maximum atomic E-state index is 2.51. The lowest BCUT2D eigenvalue weighted by molar-refractivity contribution is 0.518. The molecule has 1 unspecified atom stereocenters. The van der Waals surface area contributed by atoms with E-state index in [1.54, 1.807) is 0 Å². The summed E-state index contributed by atoms with van der Waals surface area (Å²) in [7, 11) is 0. The van der Waals surface area contributed by atoms with Crippen molar-refractivity contribution in [3.63, 3.8) is 0 Å². The van der Waals surface area contributed by atoms with Gasteiger partial charge in [0, 0.05) is 24.7 Å². The molecule has 0 radical (unpaired) electrons. The Balaban J connectivity index is 2.25. The molecule has 1 heterocycles. The van der Waals surface area contributed by atoms with Gasteiger partial charge in [-0.25, -0.2) is 0 Å². The van der Waals surface area contributed by atoms with Gasteiger partial charge in [-0.1, -0.05) is 43.7 Å². The van der Waals surface area contributed by atoms with Crippen LogP contribution in [0.2, 0.25) is 0 Å². The molecule has 1 aliphatic heterocycles. The molecule has 0 amide bonds. The first-order valence-corrected chi connectivity index (χ1v) is 6.57. The zero-order chi connectivity index (χ0) is 12.4. The summed E-state index contributed by atoms with van der Waals surface area (Å²) in [6.07, 6.45) is 2.32. The number of hydrogen-bond donors (Lipinski definition) is 0. The number of nitrogens with zero attached hydrogens (tertiary/aromatic N) is 1. The summed E-state index contributed by atoms with van der Waals surface area (Å²) >= 11 is 0. The van der Waals surface area contributed by atoms with Crippen molar-refractivity contribution in [1.82, 2.24) is 0 Å². The van der Waals surface area contributed by atoms with Crippen LogP contribution in [0, 0.1) is 5.92 Å². The third kappa shape index (κ3) is 2.54. The summed E-state index contributed by atoms with van der Waals surface area (Å²) in [6.45, 7) is 11.2. The van der Waals surface area contributed by atoms with E-state index < -0.39 is 0 Å². The maximum Gasteiger partial charge on any atom is 0.0405 e. The number of hydrogen-bond acceptors (Lipinski definition) is 1. The summed E-state index contributed by atoms with van der Waals surface area (Å²) in [6, 6.07) is 8.87. The Morgan fingerprint density at radius 2 is 2.06 bits per heavy atom. The van der Waals surface area contributed by atoms with Gasteiger partial charge in [0.2, 0.25) is 0 Å². The zero-order valence-electron chi connectivity index (χ0n) is 11.4. The van der Waals surface area contributed by atoms with Crippen LogP contribution in [0.5, 0.6) is 0 Å². The molecule has 0 aromatic heterocycles. The van der Waals surface area contributed by atoms with E-state index >= 15 is 0 Å². The quantitative estimate of drug-likeness (QED) is 0.702. The lowest BCUT2D eigenvalue weighted by Crippen LogP contribution is -2.23. The molecule has 0 saturated carbocycles. The molecule has 1 aromatic rings. The van der Waals surface area contributed by atoms with Crippen LogP contribution in [0.25, 0.3) is 0 Å². The Hall–Kier alpha value is -1.24. The predicted molar refractivity (Wildman–Crippen MR) is 75.7 cm³/mol. The van der Waals surface area contributed by atoms with E-state index in [1.165, 1.54) is 23.4 Å². The van der Waals surface area contributed by atoms with Crippen LogP contribution >= 0.6 is 0 Å². The number of fused-ring (bicyclic) bond motifs is 1. The molecule has 17 heavy (non-hydrogen) atoms. The molecule has 1 nitrogen and oxygen atoms in total. The van der Waals surface area contributed by atoms with Crippen molar-refractivity contribution in [2.45, 2.75) is 33.6 Å². The van der Waals surface area contributed by atoms with Crippen LogP contribution in [-0.4, -0.2) is 13.1 Å². The van der Waals surface area contributed by atoms with Gasteiger partial charge in [-0.3, -0.25) is 0 Å². The fourth-order valence-electron chi connectivity index (χ4n) is 2.56. The minimum atomic E-state index is 0.691. The van der Waals surface area contributed by atoms with Crippen LogP contribution < -0.4 is 4.90 Å². The largest absolute Gasteiger partial charge is 0.367 e. The monoisotopic (exact) mass is 229 g/mol. The Kier molecular flexibility index (Phi) is 3.56. The van der Waals surface area contributed by atoms with Gasteiger partial charge in [0.1, 0.15) is 0 Å². The van der Waals surface area contributed by atoms with Crippen molar-refractivity contribution < 1.29 is 0 Å². The number of anilines is 1. The van der Waals surface area contributed by atoms with Crippen LogP contribution in [0.1, 0.15) is 39.2 Å². The molecule has 0 saturated heterocycles. The fourth-order valence-corrected chi connectivity index (χ4v) is 2.56. The van der Waals surface area contributed by atoms with Crippen molar-refractivity contribution in [2.24, 2.45) is 5.92 Å². The molecule has 0 N–H and O–H groups in total. The van der Waals surface area contributed by atoms with Gasteiger partial charge in [-0.15, -0.1) is 0 Å². The third-order valence-corrected chi connectivity index (χ3v) is 3.62. The molecular formula is C16H23N. The van der Waals surface area contributed by atoms with Gasteiger partial charge in [0.25, 0.3) is 0 Å². The third-order valence-electron chi connectivity index (χ3n) is 3.62. The lowest BCUT2D eigenvalue weighted by atomic mass is 9.90. The molecule has 1 aliphatic rings. The topological polar surface area (TPSA) is 3.24 Å². The lowest BCUT2D eigenvalue weighted by Gasteiger charge is -2.19. The van der Waals surface area contributed by atoms with Crippen molar-refractivity contribution >= 4 is 5.69 Å². The number of rotatable bonds is 3. The van der Waals surface area contributed by atoms with E-state index in [0.29, 0.717) is 11.8 Å². The van der Waals surface area contributed by atoms with Crippen molar-refractivity contribution in [3.05, 3.63) is 41.5 Å². The second-order valence-corrected chi connectivity index (χ2v) is 5.60. The van der Waals surface area contributed by atoms with Crippen LogP contribution in [-0.2, 0) is 0 Å². The predicted octanol–water partition coefficient (Wildman–Crippen LogP) is 4.21. The van der Waals surface area contributed by atoms with Gasteiger partial charge in [0.05, 0.1) is 0 Å². The molecule has 0 fully saturated rings. The Labute approximate surface area is 105 Å². The standard InChI is InChI=1S/C16H23N/c1-12(2)9-10-17-11-15(13(3)4)14-7-5-6-8-16(14)17/h5-9,13,15H,10-11H2,1-4H3. The smallest absolute Gasteiger partial charge is 0.0405 e. The van der Waals surface area contributed by atoms with Crippen LogP contribution in [0.15, 0.2) is 35.9 Å². The second-order valence-electron chi connectivity index (χ2n) is 5.60. The average Bonchev–Trinajstić information content (AvgIpc) is 2.65. The molecule has 1 heteroatoms. The average molecular weight is 229 g/mol. The highest BCUT2D eigenvalue weighted by molar-refractivity contribution is 5.60. The Bertz CT molecular complexity index is 413. The molecule has 2 rings (SSSR count). The van der Waals surface area contributed by atoms with E-state index in [4.69, 9.17) is 0 Å². The molecule has 0 spiro atoms. The normalized spacial score (nSPS) is 18.4. The van der Waals surface area contributed by atoms with Gasteiger partial charge in [0.15, 0.2) is 0 Å². The maximum absolute atomic E-state index is 2.51. The summed E-state index contributed by atoms with van der Waals surface area (Å²) in [5.41, 5.74) is 4.36. The fraction of sp³-hybridized carbons (Fsp3) is 0.500. The van der Waals surface area contributed by atoms with Crippen molar-refractivity contribution in [3.8, 4) is 0 Å². The van der Waals surface area contributed by atoms with Crippen molar-refractivity contribution in [1.29, 1.82) is 0 Å². The minimum absolute atomic E-state index is 0.691. The molecule has 0 aliphatic carbocycles. The molecular weight excluding hydrogens is 206 g/mol. The van der Waals surface area contributed by atoms with Gasteiger partial charge < -0.3 is 4.90 Å². The summed E-state index contributed by atoms with van der Waals surface area (Å²) in [4.78, 5) is 2.51. The van der Waals surface area contributed by atoms with Crippen molar-refractivity contribution in [2.75, 3.05) is 18.0 Å². The van der Waals surface area contributed by atoms with E-state index in [1.807, 2.05) is 0 Å². The summed E-state index contributed by atoms with van der Waals surface area (Å²) < 4.78 is 0. The first kappa shape index (κ1) is 12.2. The van der Waals surface area contributed by atoms with Gasteiger partial charge in [-0.05, 0) is 31.4 Å². The highest BCUT2D eigenvalue weighted by Crippen LogP contribution is 2.39. The summed E-state index contributed by atoms with van der Waals surface area (Å²) in [5, 5.41) is 0. The van der Waals surface area contributed by atoms with Crippen LogP contribution in [0.3, 0.4) is 0 Å². The number of para-hydroxylation sites is 1. The zero-order valence-corrected chi connectivity index (χ0v) is 11.4. The van der Waals surface area contributed by atoms with E-state index in [-0.39, 0.29) is 0 Å². The Morgan fingerprint density at radius 1 is 1.35 bits per heavy atom. The Morgan fingerprint density at radius 3 is 2.71 bits per heavy atom. The number of allylic oxidation sites excluding steroid dienone is 1. The molecule has 1 atom stereocenters. The van der Waals surface area contributed by atoms with E-state index in [9.17, 15) is 0 Å². The summed E-state index contributed by atoms with van der Waals surface area (Å²) in [5.74, 6) is 1.41. The molecule has 0 bridgehead atoms.